The zero-order valence-corrected chi connectivity index (χ0v) is 20.3. The Balaban J connectivity index is 1.26. The van der Waals surface area contributed by atoms with Crippen molar-refractivity contribution in [1.82, 2.24) is 35.1 Å². The number of H-pyrrole nitrogens is 2. The van der Waals surface area contributed by atoms with E-state index in [1.807, 2.05) is 24.5 Å². The summed E-state index contributed by atoms with van der Waals surface area (Å²) >= 11 is 1.66. The molecule has 6 aromatic rings. The lowest BCUT2D eigenvalue weighted by atomic mass is 9.98. The average Bonchev–Trinajstić information content (AvgIpc) is 3.68. The van der Waals surface area contributed by atoms with Crippen LogP contribution < -0.4 is 4.74 Å². The fraction of sp³-hybridized carbons (Fsp3) is 0.222. The van der Waals surface area contributed by atoms with E-state index in [4.69, 9.17) is 9.72 Å². The van der Waals surface area contributed by atoms with Gasteiger partial charge in [0.05, 0.1) is 41.4 Å². The number of hydrogen-bond acceptors (Lipinski definition) is 7. The van der Waals surface area contributed by atoms with Gasteiger partial charge in [-0.25, -0.2) is 4.98 Å². The van der Waals surface area contributed by atoms with Crippen molar-refractivity contribution in [2.45, 2.75) is 38.2 Å². The minimum Gasteiger partial charge on any atom is -0.489 e. The number of fused-ring (bicyclic) bond motifs is 2. The predicted octanol–water partition coefficient (Wildman–Crippen LogP) is 6.40. The maximum Gasteiger partial charge on any atom is 0.159 e. The molecule has 0 saturated heterocycles. The Morgan fingerprint density at radius 1 is 0.917 bits per heavy atom. The van der Waals surface area contributed by atoms with Gasteiger partial charge in [-0.2, -0.15) is 16.4 Å². The molecule has 9 heteroatoms. The smallest absolute Gasteiger partial charge is 0.159 e. The Labute approximate surface area is 210 Å². The van der Waals surface area contributed by atoms with E-state index >= 15 is 0 Å². The van der Waals surface area contributed by atoms with Crippen LogP contribution in [0, 0.1) is 0 Å². The molecule has 0 bridgehead atoms. The van der Waals surface area contributed by atoms with E-state index < -0.39 is 0 Å². The molecule has 36 heavy (non-hydrogen) atoms. The van der Waals surface area contributed by atoms with Gasteiger partial charge in [0.1, 0.15) is 17.0 Å². The lowest BCUT2D eigenvalue weighted by Crippen LogP contribution is -2.19. The highest BCUT2D eigenvalue weighted by molar-refractivity contribution is 7.08. The Morgan fingerprint density at radius 3 is 2.72 bits per heavy atom. The van der Waals surface area contributed by atoms with Crippen molar-refractivity contribution in [3.05, 3.63) is 59.9 Å². The Morgan fingerprint density at radius 2 is 1.83 bits per heavy atom. The number of thiophene rings is 1. The molecule has 1 aliphatic carbocycles. The quantitative estimate of drug-likeness (QED) is 0.288. The third kappa shape index (κ3) is 3.81. The highest BCUT2D eigenvalue weighted by atomic mass is 32.1. The van der Waals surface area contributed by atoms with E-state index in [9.17, 15) is 0 Å². The van der Waals surface area contributed by atoms with Gasteiger partial charge in [0, 0.05) is 28.9 Å². The van der Waals surface area contributed by atoms with Gasteiger partial charge in [0.2, 0.25) is 0 Å². The largest absolute Gasteiger partial charge is 0.489 e. The van der Waals surface area contributed by atoms with Crippen LogP contribution in [0.4, 0.5) is 0 Å². The SMILES string of the molecule is c1cc(-c2cncc3[nH]c(-c4n[nH]c5cnc(-c6cncc(OC7CCCCC7)c6)cc45)nc23)cs1. The molecule has 0 spiro atoms. The van der Waals surface area contributed by atoms with E-state index in [0.717, 1.165) is 68.6 Å². The molecule has 7 rings (SSSR count). The Hall–Kier alpha value is -4.11. The van der Waals surface area contributed by atoms with Crippen LogP contribution in [-0.4, -0.2) is 41.2 Å². The van der Waals surface area contributed by atoms with Crippen molar-refractivity contribution in [2.24, 2.45) is 0 Å². The minimum absolute atomic E-state index is 0.272. The van der Waals surface area contributed by atoms with E-state index in [0.29, 0.717) is 5.82 Å². The van der Waals surface area contributed by atoms with Crippen molar-refractivity contribution < 1.29 is 4.74 Å². The number of nitrogens with zero attached hydrogens (tertiary/aromatic N) is 5. The number of nitrogens with one attached hydrogen (secondary N) is 2. The second kappa shape index (κ2) is 8.83. The van der Waals surface area contributed by atoms with Crippen LogP contribution in [0.25, 0.3) is 55.8 Å². The molecular weight excluding hydrogens is 470 g/mol. The number of hydrogen-bond donors (Lipinski definition) is 2. The van der Waals surface area contributed by atoms with Gasteiger partial charge in [0.25, 0.3) is 0 Å². The molecule has 0 radical (unpaired) electrons. The van der Waals surface area contributed by atoms with Crippen LogP contribution in [0.15, 0.2) is 59.9 Å². The summed E-state index contributed by atoms with van der Waals surface area (Å²) in [4.78, 5) is 21.8. The maximum atomic E-state index is 6.23. The summed E-state index contributed by atoms with van der Waals surface area (Å²) in [7, 11) is 0. The zero-order chi connectivity index (χ0) is 23.9. The molecule has 1 saturated carbocycles. The molecule has 0 atom stereocenters. The van der Waals surface area contributed by atoms with Gasteiger partial charge in [0.15, 0.2) is 5.82 Å². The standard InChI is InChI=1S/C27H23N7OS/c1-2-4-18(5-3-1)35-19-8-17(10-28-11-19)22-9-20-23(14-30-22)33-34-26(20)27-31-24-13-29-12-21(25(24)32-27)16-6-7-36-15-16/h6-15,18H,1-5H2,(H,31,32)(H,33,34). The summed E-state index contributed by atoms with van der Waals surface area (Å²) in [6.07, 6.45) is 15.3. The first kappa shape index (κ1) is 21.2. The van der Waals surface area contributed by atoms with Gasteiger partial charge >= 0.3 is 0 Å². The number of imidazole rings is 1. The molecule has 6 aromatic heterocycles. The third-order valence-electron chi connectivity index (χ3n) is 6.76. The first-order valence-electron chi connectivity index (χ1n) is 12.1. The van der Waals surface area contributed by atoms with Crippen molar-refractivity contribution >= 4 is 33.3 Å². The van der Waals surface area contributed by atoms with Gasteiger partial charge < -0.3 is 9.72 Å². The van der Waals surface area contributed by atoms with Gasteiger partial charge in [-0.05, 0) is 60.2 Å². The second-order valence-electron chi connectivity index (χ2n) is 9.16. The van der Waals surface area contributed by atoms with Crippen LogP contribution in [0.3, 0.4) is 0 Å². The fourth-order valence-corrected chi connectivity index (χ4v) is 5.58. The summed E-state index contributed by atoms with van der Waals surface area (Å²) in [6, 6.07) is 6.13. The predicted molar refractivity (Wildman–Crippen MR) is 141 cm³/mol. The third-order valence-corrected chi connectivity index (χ3v) is 7.45. The van der Waals surface area contributed by atoms with Crippen molar-refractivity contribution in [2.75, 3.05) is 0 Å². The zero-order valence-electron chi connectivity index (χ0n) is 19.4. The van der Waals surface area contributed by atoms with Gasteiger partial charge in [-0.1, -0.05) is 6.42 Å². The normalized spacial score (nSPS) is 14.6. The lowest BCUT2D eigenvalue weighted by molar-refractivity contribution is 0.154. The summed E-state index contributed by atoms with van der Waals surface area (Å²) in [5, 5.41) is 12.8. The number of aromatic amines is 2. The van der Waals surface area contributed by atoms with Crippen LogP contribution >= 0.6 is 11.3 Å². The number of ether oxygens (including phenoxy) is 1. The average molecular weight is 494 g/mol. The molecule has 178 valence electrons. The van der Waals surface area contributed by atoms with Gasteiger partial charge in [-0.3, -0.25) is 20.1 Å². The van der Waals surface area contributed by atoms with Crippen LogP contribution in [0.2, 0.25) is 0 Å². The Kier molecular flexibility index (Phi) is 5.20. The first-order valence-corrected chi connectivity index (χ1v) is 13.1. The summed E-state index contributed by atoms with van der Waals surface area (Å²) in [6.45, 7) is 0. The molecule has 2 N–H and O–H groups in total. The molecular formula is C27H23N7OS. The molecule has 6 heterocycles. The molecule has 0 aromatic carbocycles. The molecule has 8 nitrogen and oxygen atoms in total. The van der Waals surface area contributed by atoms with Crippen molar-refractivity contribution in [3.63, 3.8) is 0 Å². The fourth-order valence-electron chi connectivity index (χ4n) is 4.93. The number of rotatable bonds is 5. The van der Waals surface area contributed by atoms with E-state index in [1.54, 1.807) is 29.9 Å². The lowest BCUT2D eigenvalue weighted by Gasteiger charge is -2.22. The minimum atomic E-state index is 0.272. The van der Waals surface area contributed by atoms with Crippen LogP contribution in [0.5, 0.6) is 5.75 Å². The number of aromatic nitrogens is 7. The topological polar surface area (TPSA) is 105 Å². The van der Waals surface area contributed by atoms with Crippen LogP contribution in [-0.2, 0) is 0 Å². The van der Waals surface area contributed by atoms with E-state index in [1.165, 1.54) is 19.3 Å². The second-order valence-corrected chi connectivity index (χ2v) is 9.94. The van der Waals surface area contributed by atoms with E-state index in [2.05, 4.69) is 47.0 Å². The molecule has 1 aliphatic rings. The Bertz CT molecular complexity index is 1660. The summed E-state index contributed by atoms with van der Waals surface area (Å²) in [5.41, 5.74) is 7.15. The van der Waals surface area contributed by atoms with Crippen molar-refractivity contribution in [3.8, 4) is 39.7 Å². The van der Waals surface area contributed by atoms with E-state index in [-0.39, 0.29) is 6.10 Å². The maximum absolute atomic E-state index is 6.23. The summed E-state index contributed by atoms with van der Waals surface area (Å²) in [5.74, 6) is 1.48. The van der Waals surface area contributed by atoms with Crippen molar-refractivity contribution in [1.29, 1.82) is 0 Å². The molecule has 0 amide bonds. The first-order chi connectivity index (χ1) is 17.8. The summed E-state index contributed by atoms with van der Waals surface area (Å²) < 4.78 is 6.23. The monoisotopic (exact) mass is 493 g/mol. The number of pyridine rings is 3. The molecule has 0 unspecified atom stereocenters. The molecule has 0 aliphatic heterocycles. The highest BCUT2D eigenvalue weighted by Crippen LogP contribution is 2.33. The highest BCUT2D eigenvalue weighted by Gasteiger charge is 2.18. The molecule has 1 fully saturated rings. The van der Waals surface area contributed by atoms with Crippen LogP contribution in [0.1, 0.15) is 32.1 Å². The van der Waals surface area contributed by atoms with Gasteiger partial charge in [-0.15, -0.1) is 0 Å².